The molecule has 1 aliphatic rings. The van der Waals surface area contributed by atoms with E-state index in [9.17, 15) is 0 Å². The SMILES string of the molecule is CC(N)Cc1cccc(Cl)c1N1CCCC1CN(C)C. The molecule has 0 radical (unpaired) electrons. The minimum atomic E-state index is 0.155. The highest BCUT2D eigenvalue weighted by Gasteiger charge is 2.28. The summed E-state index contributed by atoms with van der Waals surface area (Å²) in [5.41, 5.74) is 8.47. The van der Waals surface area contributed by atoms with Gasteiger partial charge in [0, 0.05) is 25.2 Å². The Morgan fingerprint density at radius 3 is 2.85 bits per heavy atom. The number of para-hydroxylation sites is 1. The third kappa shape index (κ3) is 3.66. The van der Waals surface area contributed by atoms with Crippen molar-refractivity contribution in [2.24, 2.45) is 5.73 Å². The molecule has 1 fully saturated rings. The first-order valence-corrected chi connectivity index (χ1v) is 7.81. The highest BCUT2D eigenvalue weighted by atomic mass is 35.5. The fourth-order valence-electron chi connectivity index (χ4n) is 3.13. The molecule has 0 aliphatic carbocycles. The molecule has 3 nitrogen and oxygen atoms in total. The van der Waals surface area contributed by atoms with Crippen molar-refractivity contribution in [3.63, 3.8) is 0 Å². The molecule has 0 spiro atoms. The molecule has 2 rings (SSSR count). The number of anilines is 1. The Morgan fingerprint density at radius 2 is 2.20 bits per heavy atom. The summed E-state index contributed by atoms with van der Waals surface area (Å²) in [7, 11) is 4.26. The Balaban J connectivity index is 2.30. The smallest absolute Gasteiger partial charge is 0.0642 e. The normalized spacial score (nSPS) is 20.7. The average Bonchev–Trinajstić information content (AvgIpc) is 2.75. The lowest BCUT2D eigenvalue weighted by molar-refractivity contribution is 0.372. The maximum absolute atomic E-state index is 6.50. The molecule has 4 heteroatoms. The van der Waals surface area contributed by atoms with Gasteiger partial charge >= 0.3 is 0 Å². The topological polar surface area (TPSA) is 32.5 Å². The second kappa shape index (κ2) is 6.79. The highest BCUT2D eigenvalue weighted by Crippen LogP contribution is 2.35. The number of halogens is 1. The van der Waals surface area contributed by atoms with Crippen LogP contribution in [0, 0.1) is 0 Å². The largest absolute Gasteiger partial charge is 0.366 e. The van der Waals surface area contributed by atoms with E-state index < -0.39 is 0 Å². The molecule has 0 bridgehead atoms. The van der Waals surface area contributed by atoms with Gasteiger partial charge in [0.2, 0.25) is 0 Å². The quantitative estimate of drug-likeness (QED) is 0.906. The first-order valence-electron chi connectivity index (χ1n) is 7.43. The average molecular weight is 296 g/mol. The fraction of sp³-hybridized carbons (Fsp3) is 0.625. The van der Waals surface area contributed by atoms with Gasteiger partial charge in [-0.2, -0.15) is 0 Å². The van der Waals surface area contributed by atoms with Gasteiger partial charge in [0.05, 0.1) is 10.7 Å². The number of benzene rings is 1. The summed E-state index contributed by atoms with van der Waals surface area (Å²) in [6.45, 7) is 4.21. The van der Waals surface area contributed by atoms with Crippen LogP contribution in [0.2, 0.25) is 5.02 Å². The highest BCUT2D eigenvalue weighted by molar-refractivity contribution is 6.33. The number of nitrogens with two attached hydrogens (primary N) is 1. The van der Waals surface area contributed by atoms with E-state index in [2.05, 4.69) is 30.0 Å². The number of hydrogen-bond acceptors (Lipinski definition) is 3. The third-order valence-electron chi connectivity index (χ3n) is 3.85. The first kappa shape index (κ1) is 15.6. The van der Waals surface area contributed by atoms with Crippen LogP contribution in [0.4, 0.5) is 5.69 Å². The van der Waals surface area contributed by atoms with Crippen LogP contribution < -0.4 is 10.6 Å². The van der Waals surface area contributed by atoms with E-state index in [-0.39, 0.29) is 6.04 Å². The number of hydrogen-bond donors (Lipinski definition) is 1. The molecule has 1 aromatic rings. The fourth-order valence-corrected chi connectivity index (χ4v) is 3.44. The summed E-state index contributed by atoms with van der Waals surface area (Å²) in [5, 5.41) is 0.855. The van der Waals surface area contributed by atoms with Crippen LogP contribution in [-0.2, 0) is 6.42 Å². The van der Waals surface area contributed by atoms with E-state index in [0.717, 1.165) is 24.5 Å². The van der Waals surface area contributed by atoms with Gasteiger partial charge in [0.15, 0.2) is 0 Å². The maximum Gasteiger partial charge on any atom is 0.0642 e. The number of likely N-dealkylation sites (N-methyl/N-ethyl adjacent to an activating group) is 1. The minimum absolute atomic E-state index is 0.155. The monoisotopic (exact) mass is 295 g/mol. The Bertz CT molecular complexity index is 445. The molecule has 1 saturated heterocycles. The van der Waals surface area contributed by atoms with Crippen LogP contribution in [0.5, 0.6) is 0 Å². The van der Waals surface area contributed by atoms with E-state index in [0.29, 0.717) is 6.04 Å². The van der Waals surface area contributed by atoms with Crippen LogP contribution in [0.25, 0.3) is 0 Å². The molecule has 1 aromatic carbocycles. The zero-order chi connectivity index (χ0) is 14.7. The maximum atomic E-state index is 6.50. The molecule has 0 aromatic heterocycles. The standard InChI is InChI=1S/C16H26ClN3/c1-12(18)10-13-6-4-8-15(17)16(13)20-9-5-7-14(20)11-19(2)3/h4,6,8,12,14H,5,7,9-11,18H2,1-3H3. The van der Waals surface area contributed by atoms with Crippen LogP contribution >= 0.6 is 11.6 Å². The molecule has 1 aliphatic heterocycles. The Kier molecular flexibility index (Phi) is 5.30. The van der Waals surface area contributed by atoms with Crippen molar-refractivity contribution in [3.05, 3.63) is 28.8 Å². The summed E-state index contributed by atoms with van der Waals surface area (Å²) >= 11 is 6.50. The Morgan fingerprint density at radius 1 is 1.45 bits per heavy atom. The van der Waals surface area contributed by atoms with Crippen molar-refractivity contribution in [1.82, 2.24) is 4.90 Å². The molecule has 2 unspecified atom stereocenters. The van der Waals surface area contributed by atoms with Crippen molar-refractivity contribution in [2.45, 2.75) is 38.3 Å². The Labute approximate surface area is 127 Å². The van der Waals surface area contributed by atoms with E-state index >= 15 is 0 Å². The van der Waals surface area contributed by atoms with Gasteiger partial charge in [0.1, 0.15) is 0 Å². The predicted octanol–water partition coefficient (Wildman–Crippen LogP) is 2.76. The van der Waals surface area contributed by atoms with Crippen molar-refractivity contribution < 1.29 is 0 Å². The summed E-state index contributed by atoms with van der Waals surface area (Å²) in [6.07, 6.45) is 3.35. The van der Waals surface area contributed by atoms with E-state index in [4.69, 9.17) is 17.3 Å². The molecule has 2 atom stereocenters. The van der Waals surface area contributed by atoms with Crippen molar-refractivity contribution in [2.75, 3.05) is 32.1 Å². The van der Waals surface area contributed by atoms with Gasteiger partial charge in [-0.1, -0.05) is 23.7 Å². The lowest BCUT2D eigenvalue weighted by atomic mass is 10.0. The van der Waals surface area contributed by atoms with E-state index in [1.807, 2.05) is 19.1 Å². The second-order valence-electron chi connectivity index (χ2n) is 6.18. The van der Waals surface area contributed by atoms with Gasteiger partial charge in [-0.05, 0) is 51.9 Å². The van der Waals surface area contributed by atoms with E-state index in [1.165, 1.54) is 24.1 Å². The van der Waals surface area contributed by atoms with Crippen molar-refractivity contribution in [3.8, 4) is 0 Å². The molecule has 2 N–H and O–H groups in total. The molecule has 20 heavy (non-hydrogen) atoms. The molecule has 0 amide bonds. The third-order valence-corrected chi connectivity index (χ3v) is 4.16. The van der Waals surface area contributed by atoms with Crippen molar-refractivity contribution in [1.29, 1.82) is 0 Å². The molecular weight excluding hydrogens is 270 g/mol. The summed E-state index contributed by atoms with van der Waals surface area (Å²) in [5.74, 6) is 0. The van der Waals surface area contributed by atoms with Gasteiger partial charge in [-0.3, -0.25) is 0 Å². The first-order chi connectivity index (χ1) is 9.49. The summed E-state index contributed by atoms with van der Waals surface area (Å²) in [4.78, 5) is 4.74. The van der Waals surface area contributed by atoms with Crippen molar-refractivity contribution >= 4 is 17.3 Å². The van der Waals surface area contributed by atoms with Crippen LogP contribution in [0.3, 0.4) is 0 Å². The molecular formula is C16H26ClN3. The van der Waals surface area contributed by atoms with Crippen LogP contribution in [-0.4, -0.2) is 44.2 Å². The summed E-state index contributed by atoms with van der Waals surface area (Å²) < 4.78 is 0. The van der Waals surface area contributed by atoms with Gasteiger partial charge in [0.25, 0.3) is 0 Å². The zero-order valence-corrected chi connectivity index (χ0v) is 13.5. The predicted molar refractivity (Wildman–Crippen MR) is 87.7 cm³/mol. The van der Waals surface area contributed by atoms with E-state index in [1.54, 1.807) is 0 Å². The number of rotatable bonds is 5. The molecule has 1 heterocycles. The van der Waals surface area contributed by atoms with Gasteiger partial charge in [-0.15, -0.1) is 0 Å². The minimum Gasteiger partial charge on any atom is -0.366 e. The second-order valence-corrected chi connectivity index (χ2v) is 6.59. The summed E-state index contributed by atoms with van der Waals surface area (Å²) in [6, 6.07) is 6.89. The Hall–Kier alpha value is -0.770. The lowest BCUT2D eigenvalue weighted by Gasteiger charge is -2.31. The number of nitrogens with zero attached hydrogens (tertiary/aromatic N) is 2. The van der Waals surface area contributed by atoms with Crippen LogP contribution in [0.15, 0.2) is 18.2 Å². The molecule has 0 saturated carbocycles. The zero-order valence-electron chi connectivity index (χ0n) is 12.8. The van der Waals surface area contributed by atoms with Crippen LogP contribution in [0.1, 0.15) is 25.3 Å². The van der Waals surface area contributed by atoms with Gasteiger partial charge < -0.3 is 15.5 Å². The van der Waals surface area contributed by atoms with Gasteiger partial charge in [-0.25, -0.2) is 0 Å². The lowest BCUT2D eigenvalue weighted by Crippen LogP contribution is -2.38. The molecule has 112 valence electrons.